The monoisotopic (exact) mass is 409 g/mol. The van der Waals surface area contributed by atoms with E-state index in [0.717, 1.165) is 28.4 Å². The number of para-hydroxylation sites is 2. The summed E-state index contributed by atoms with van der Waals surface area (Å²) in [6.07, 6.45) is 1.58. The smallest absolute Gasteiger partial charge is 0.298 e. The van der Waals surface area contributed by atoms with Crippen molar-refractivity contribution in [3.8, 4) is 5.75 Å². The molecule has 1 atom stereocenters. The molecule has 1 saturated heterocycles. The molecule has 1 fully saturated rings. The van der Waals surface area contributed by atoms with Gasteiger partial charge in [0, 0.05) is 7.05 Å². The zero-order valence-corrected chi connectivity index (χ0v) is 16.7. The molecular formula is C21H19N3O4S. The molecule has 0 bridgehead atoms. The number of hydrogen-bond donors (Lipinski definition) is 1. The summed E-state index contributed by atoms with van der Waals surface area (Å²) < 4.78 is 11.7. The topological polar surface area (TPSA) is 84.7 Å². The predicted molar refractivity (Wildman–Crippen MR) is 113 cm³/mol. The fourth-order valence-electron chi connectivity index (χ4n) is 2.97. The third-order valence-electron chi connectivity index (χ3n) is 4.30. The lowest BCUT2D eigenvalue weighted by molar-refractivity contribution is -0.115. The Morgan fingerprint density at radius 1 is 1.21 bits per heavy atom. The lowest BCUT2D eigenvalue weighted by Crippen LogP contribution is -2.31. The molecule has 1 aliphatic rings. The Labute approximate surface area is 171 Å². The van der Waals surface area contributed by atoms with Gasteiger partial charge in [0.2, 0.25) is 0 Å². The van der Waals surface area contributed by atoms with Crippen molar-refractivity contribution >= 4 is 46.1 Å². The highest BCUT2D eigenvalue weighted by Crippen LogP contribution is 2.26. The van der Waals surface area contributed by atoms with Crippen LogP contribution in [0.1, 0.15) is 12.5 Å². The van der Waals surface area contributed by atoms with Crippen LogP contribution in [0.3, 0.4) is 0 Å². The van der Waals surface area contributed by atoms with Crippen LogP contribution in [0, 0.1) is 0 Å². The summed E-state index contributed by atoms with van der Waals surface area (Å²) in [4.78, 5) is 29.6. The van der Waals surface area contributed by atoms with Crippen LogP contribution in [0.5, 0.6) is 5.75 Å². The lowest BCUT2D eigenvalue weighted by atomic mass is 10.2. The van der Waals surface area contributed by atoms with Crippen LogP contribution in [-0.4, -0.2) is 35.8 Å². The molecule has 148 valence electrons. The number of nitrogens with one attached hydrogen (secondary N) is 1. The highest BCUT2D eigenvalue weighted by molar-refractivity contribution is 8.18. The largest absolute Gasteiger partial charge is 0.489 e. The maximum absolute atomic E-state index is 11.6. The van der Waals surface area contributed by atoms with Gasteiger partial charge in [0.1, 0.15) is 17.4 Å². The minimum Gasteiger partial charge on any atom is -0.489 e. The molecule has 0 spiro atoms. The normalized spacial score (nSPS) is 16.3. The number of likely N-dealkylation sites (N-methyl/N-ethyl adjacent to an activating group) is 1. The number of thioether (sulfide) groups is 1. The zero-order chi connectivity index (χ0) is 20.4. The number of aromatic nitrogens is 1. The van der Waals surface area contributed by atoms with Crippen molar-refractivity contribution < 1.29 is 18.7 Å². The van der Waals surface area contributed by atoms with Crippen LogP contribution in [0.2, 0.25) is 0 Å². The Kier molecular flexibility index (Phi) is 5.26. The molecule has 2 aromatic carbocycles. The SMILES string of the molecule is CC(CN(C)c1nc2ccccc2o1)Oc1ccc(/C=C2\SC(=O)NC2=O)cc1. The number of carbonyl (C=O) groups excluding carboxylic acids is 2. The minimum absolute atomic E-state index is 0.104. The van der Waals surface area contributed by atoms with Gasteiger partial charge in [-0.2, -0.15) is 4.98 Å². The summed E-state index contributed by atoms with van der Waals surface area (Å²) in [5.41, 5.74) is 2.40. The Balaban J connectivity index is 1.36. The third kappa shape index (κ3) is 4.43. The number of nitrogens with zero attached hydrogens (tertiary/aromatic N) is 2. The van der Waals surface area contributed by atoms with Gasteiger partial charge >= 0.3 is 0 Å². The molecule has 1 unspecified atom stereocenters. The summed E-state index contributed by atoms with van der Waals surface area (Å²) in [6, 6.07) is 15.5. The van der Waals surface area contributed by atoms with Gasteiger partial charge in [-0.25, -0.2) is 0 Å². The van der Waals surface area contributed by atoms with Crippen molar-refractivity contribution in [2.45, 2.75) is 13.0 Å². The number of ether oxygens (including phenoxy) is 1. The number of anilines is 1. The summed E-state index contributed by atoms with van der Waals surface area (Å²) in [5.74, 6) is 0.349. The second kappa shape index (κ2) is 8.00. The lowest BCUT2D eigenvalue weighted by Gasteiger charge is -2.21. The third-order valence-corrected chi connectivity index (χ3v) is 5.11. The predicted octanol–water partition coefficient (Wildman–Crippen LogP) is 4.06. The van der Waals surface area contributed by atoms with Gasteiger partial charge in [0.15, 0.2) is 5.58 Å². The first-order valence-electron chi connectivity index (χ1n) is 9.06. The molecule has 0 aliphatic carbocycles. The van der Waals surface area contributed by atoms with E-state index in [2.05, 4.69) is 10.3 Å². The molecule has 4 rings (SSSR count). The van der Waals surface area contributed by atoms with E-state index >= 15 is 0 Å². The number of hydrogen-bond acceptors (Lipinski definition) is 7. The molecule has 1 aliphatic heterocycles. The van der Waals surface area contributed by atoms with Crippen molar-refractivity contribution in [3.63, 3.8) is 0 Å². The van der Waals surface area contributed by atoms with Crippen LogP contribution in [0.25, 0.3) is 17.2 Å². The Morgan fingerprint density at radius 2 is 1.97 bits per heavy atom. The summed E-state index contributed by atoms with van der Waals surface area (Å²) >= 11 is 0.899. The Bertz CT molecular complexity index is 1060. The fourth-order valence-corrected chi connectivity index (χ4v) is 3.65. The van der Waals surface area contributed by atoms with Crippen LogP contribution in [0.15, 0.2) is 57.9 Å². The first-order chi connectivity index (χ1) is 14.0. The van der Waals surface area contributed by atoms with E-state index in [-0.39, 0.29) is 17.3 Å². The molecule has 2 heterocycles. The molecule has 8 heteroatoms. The number of fused-ring (bicyclic) bond motifs is 1. The molecule has 0 saturated carbocycles. The highest BCUT2D eigenvalue weighted by atomic mass is 32.2. The minimum atomic E-state index is -0.365. The Morgan fingerprint density at radius 3 is 2.66 bits per heavy atom. The Hall–Kier alpha value is -3.26. The van der Waals surface area contributed by atoms with Crippen molar-refractivity contribution in [2.75, 3.05) is 18.5 Å². The average molecular weight is 409 g/mol. The molecule has 29 heavy (non-hydrogen) atoms. The molecule has 0 radical (unpaired) electrons. The van der Waals surface area contributed by atoms with Gasteiger partial charge in [-0.05, 0) is 54.6 Å². The fraction of sp³-hybridized carbons (Fsp3) is 0.190. The van der Waals surface area contributed by atoms with Crippen LogP contribution < -0.4 is 15.0 Å². The van der Waals surface area contributed by atoms with E-state index in [9.17, 15) is 9.59 Å². The second-order valence-electron chi connectivity index (χ2n) is 6.69. The standard InChI is InChI=1S/C21H19N3O4S/c1-13(12-24(2)20-22-16-5-3-4-6-17(16)28-20)27-15-9-7-14(8-10-15)11-18-19(25)23-21(26)29-18/h3-11,13H,12H2,1-2H3,(H,23,25,26)/b18-11-. The van der Waals surface area contributed by atoms with Gasteiger partial charge in [0.05, 0.1) is 11.4 Å². The van der Waals surface area contributed by atoms with Gasteiger partial charge in [-0.3, -0.25) is 14.9 Å². The van der Waals surface area contributed by atoms with Gasteiger partial charge in [0.25, 0.3) is 17.2 Å². The molecule has 3 aromatic rings. The second-order valence-corrected chi connectivity index (χ2v) is 7.71. The van der Waals surface area contributed by atoms with Crippen LogP contribution >= 0.6 is 11.8 Å². The first kappa shape index (κ1) is 19.1. The van der Waals surface area contributed by atoms with Crippen molar-refractivity contribution in [3.05, 3.63) is 59.0 Å². The van der Waals surface area contributed by atoms with Gasteiger partial charge in [-0.1, -0.05) is 24.3 Å². The maximum atomic E-state index is 11.6. The van der Waals surface area contributed by atoms with E-state index in [0.29, 0.717) is 23.2 Å². The van der Waals surface area contributed by atoms with Gasteiger partial charge in [-0.15, -0.1) is 0 Å². The van der Waals surface area contributed by atoms with E-state index in [1.165, 1.54) is 0 Å². The van der Waals surface area contributed by atoms with E-state index in [1.807, 2.05) is 67.4 Å². The molecule has 1 N–H and O–H groups in total. The number of rotatable bonds is 6. The molecule has 7 nitrogen and oxygen atoms in total. The average Bonchev–Trinajstić information content (AvgIpc) is 3.26. The van der Waals surface area contributed by atoms with Crippen LogP contribution in [0.4, 0.5) is 10.8 Å². The van der Waals surface area contributed by atoms with Crippen LogP contribution in [-0.2, 0) is 4.79 Å². The summed E-state index contributed by atoms with van der Waals surface area (Å²) in [7, 11) is 1.91. The maximum Gasteiger partial charge on any atom is 0.298 e. The van der Waals surface area contributed by atoms with E-state index < -0.39 is 0 Å². The van der Waals surface area contributed by atoms with Crippen molar-refractivity contribution in [1.82, 2.24) is 10.3 Å². The summed E-state index contributed by atoms with van der Waals surface area (Å²) in [5, 5.41) is 1.89. The number of oxazole rings is 1. The summed E-state index contributed by atoms with van der Waals surface area (Å²) in [6.45, 7) is 2.57. The molecule has 1 aromatic heterocycles. The van der Waals surface area contributed by atoms with Crippen molar-refractivity contribution in [2.24, 2.45) is 0 Å². The molecular weight excluding hydrogens is 390 g/mol. The van der Waals surface area contributed by atoms with E-state index in [4.69, 9.17) is 9.15 Å². The highest BCUT2D eigenvalue weighted by Gasteiger charge is 2.24. The first-order valence-corrected chi connectivity index (χ1v) is 9.88. The quantitative estimate of drug-likeness (QED) is 0.615. The number of imide groups is 1. The van der Waals surface area contributed by atoms with E-state index in [1.54, 1.807) is 6.08 Å². The molecule has 2 amide bonds. The number of amides is 2. The number of benzene rings is 2. The number of carbonyl (C=O) groups is 2. The van der Waals surface area contributed by atoms with Crippen molar-refractivity contribution in [1.29, 1.82) is 0 Å². The van der Waals surface area contributed by atoms with Gasteiger partial charge < -0.3 is 14.1 Å². The zero-order valence-electron chi connectivity index (χ0n) is 15.9.